The van der Waals surface area contributed by atoms with Crippen molar-refractivity contribution in [3.05, 3.63) is 59.0 Å². The Morgan fingerprint density at radius 3 is 2.69 bits per heavy atom. The fourth-order valence-corrected chi connectivity index (χ4v) is 3.72. The Morgan fingerprint density at radius 2 is 1.88 bits per heavy atom. The third kappa shape index (κ3) is 3.68. The Hall–Kier alpha value is -2.52. The number of carbonyl (C=O) groups excluding carboxylic acids is 1. The standard InChI is InChI=1S/C17H10F2N2O3S2/c18-17(19)23-12-7-6-10(8-13(12)24-17)9-14-15(22)20-16(25-14)21-26-11-4-2-1-3-5-11/h1-9H,(H,20,21,22)/b14-9-. The number of ether oxygens (including phenoxy) is 2. The van der Waals surface area contributed by atoms with Crippen molar-refractivity contribution in [3.8, 4) is 11.5 Å². The molecule has 9 heteroatoms. The Kier molecular flexibility index (Phi) is 4.33. The zero-order valence-corrected chi connectivity index (χ0v) is 14.6. The summed E-state index contributed by atoms with van der Waals surface area (Å²) in [5.41, 5.74) is 0.541. The summed E-state index contributed by atoms with van der Waals surface area (Å²) in [5.74, 6) is -0.408. The predicted octanol–water partition coefficient (Wildman–Crippen LogP) is 4.28. The molecule has 0 spiro atoms. The van der Waals surface area contributed by atoms with Crippen molar-refractivity contribution in [1.82, 2.24) is 5.32 Å². The molecule has 0 bridgehead atoms. The zero-order valence-electron chi connectivity index (χ0n) is 12.9. The van der Waals surface area contributed by atoms with Crippen molar-refractivity contribution < 1.29 is 23.0 Å². The predicted molar refractivity (Wildman–Crippen MR) is 96.1 cm³/mol. The molecular weight excluding hydrogens is 382 g/mol. The minimum atomic E-state index is -3.66. The molecule has 0 aromatic heterocycles. The third-order valence-electron chi connectivity index (χ3n) is 3.35. The molecule has 2 aliphatic rings. The summed E-state index contributed by atoms with van der Waals surface area (Å²) in [4.78, 5) is 13.4. The van der Waals surface area contributed by atoms with E-state index in [1.807, 2.05) is 30.3 Å². The molecule has 0 atom stereocenters. The molecule has 2 heterocycles. The average Bonchev–Trinajstić information content (AvgIpc) is 3.11. The van der Waals surface area contributed by atoms with Gasteiger partial charge in [-0.1, -0.05) is 24.3 Å². The lowest BCUT2D eigenvalue weighted by Crippen LogP contribution is -2.25. The lowest BCUT2D eigenvalue weighted by atomic mass is 10.2. The first-order valence-electron chi connectivity index (χ1n) is 7.39. The lowest BCUT2D eigenvalue weighted by Gasteiger charge is -2.04. The van der Waals surface area contributed by atoms with Crippen molar-refractivity contribution in [2.75, 3.05) is 0 Å². The number of hydrogen-bond donors (Lipinski definition) is 1. The van der Waals surface area contributed by atoms with Gasteiger partial charge in [0.1, 0.15) is 0 Å². The van der Waals surface area contributed by atoms with E-state index in [-0.39, 0.29) is 17.4 Å². The number of alkyl halides is 2. The Labute approximate surface area is 155 Å². The van der Waals surface area contributed by atoms with E-state index < -0.39 is 6.29 Å². The van der Waals surface area contributed by atoms with Crippen LogP contribution >= 0.6 is 23.7 Å². The number of fused-ring (bicyclic) bond motifs is 1. The maximum absolute atomic E-state index is 13.1. The topological polar surface area (TPSA) is 59.9 Å². The van der Waals surface area contributed by atoms with Crippen LogP contribution < -0.4 is 14.8 Å². The van der Waals surface area contributed by atoms with Crippen molar-refractivity contribution in [2.24, 2.45) is 4.40 Å². The molecule has 0 unspecified atom stereocenters. The number of nitrogens with one attached hydrogen (secondary N) is 1. The number of amides is 1. The number of benzene rings is 2. The lowest BCUT2D eigenvalue weighted by molar-refractivity contribution is -0.286. The first-order chi connectivity index (χ1) is 12.5. The fourth-order valence-electron chi connectivity index (χ4n) is 2.25. The average molecular weight is 392 g/mol. The maximum Gasteiger partial charge on any atom is 0.586 e. The van der Waals surface area contributed by atoms with Crippen LogP contribution in [0.2, 0.25) is 0 Å². The van der Waals surface area contributed by atoms with E-state index in [4.69, 9.17) is 0 Å². The van der Waals surface area contributed by atoms with Gasteiger partial charge in [0.15, 0.2) is 16.7 Å². The molecule has 2 aromatic rings. The van der Waals surface area contributed by atoms with Crippen LogP contribution in [0, 0.1) is 0 Å². The molecule has 1 saturated heterocycles. The molecule has 1 N–H and O–H groups in total. The molecule has 26 heavy (non-hydrogen) atoms. The van der Waals surface area contributed by atoms with Gasteiger partial charge in [-0.3, -0.25) is 10.1 Å². The summed E-state index contributed by atoms with van der Waals surface area (Å²) in [6, 6.07) is 13.9. The van der Waals surface area contributed by atoms with Gasteiger partial charge < -0.3 is 9.47 Å². The van der Waals surface area contributed by atoms with Gasteiger partial charge in [-0.05, 0) is 47.7 Å². The molecule has 0 saturated carbocycles. The quantitative estimate of drug-likeness (QED) is 0.624. The Morgan fingerprint density at radius 1 is 1.12 bits per heavy atom. The molecule has 0 radical (unpaired) electrons. The molecule has 132 valence electrons. The van der Waals surface area contributed by atoms with Gasteiger partial charge in [0.05, 0.1) is 4.91 Å². The van der Waals surface area contributed by atoms with Crippen LogP contribution in [0.1, 0.15) is 5.56 Å². The number of hydrogen-bond acceptors (Lipinski definition) is 6. The van der Waals surface area contributed by atoms with Gasteiger partial charge >= 0.3 is 6.29 Å². The van der Waals surface area contributed by atoms with Gasteiger partial charge in [-0.15, -0.1) is 8.78 Å². The number of halogens is 2. The van der Waals surface area contributed by atoms with Crippen molar-refractivity contribution in [3.63, 3.8) is 0 Å². The SMILES string of the molecule is O=C1N/C(=N\Sc2ccccc2)S/C1=C\c1ccc2c(c1)OC(F)(F)O2. The zero-order chi connectivity index (χ0) is 18.1. The molecule has 1 fully saturated rings. The fraction of sp³-hybridized carbons (Fsp3) is 0.0588. The van der Waals surface area contributed by atoms with Crippen LogP contribution in [0.3, 0.4) is 0 Å². The highest BCUT2D eigenvalue weighted by Gasteiger charge is 2.43. The van der Waals surface area contributed by atoms with Gasteiger partial charge in [-0.2, -0.15) is 4.40 Å². The number of rotatable bonds is 3. The first-order valence-corrected chi connectivity index (χ1v) is 8.98. The van der Waals surface area contributed by atoms with Gasteiger partial charge in [0.2, 0.25) is 0 Å². The van der Waals surface area contributed by atoms with Crippen LogP contribution in [-0.4, -0.2) is 17.4 Å². The summed E-state index contributed by atoms with van der Waals surface area (Å²) >= 11 is 2.42. The van der Waals surface area contributed by atoms with E-state index in [1.165, 1.54) is 35.8 Å². The van der Waals surface area contributed by atoms with E-state index in [0.29, 0.717) is 15.6 Å². The highest BCUT2D eigenvalue weighted by atomic mass is 32.2. The Bertz CT molecular complexity index is 933. The smallest absolute Gasteiger partial charge is 0.395 e. The third-order valence-corrected chi connectivity index (χ3v) is 5.13. The molecule has 2 aliphatic heterocycles. The minimum Gasteiger partial charge on any atom is -0.395 e. The number of carbonyl (C=O) groups is 1. The maximum atomic E-state index is 13.1. The monoisotopic (exact) mass is 392 g/mol. The van der Waals surface area contributed by atoms with E-state index in [2.05, 4.69) is 19.2 Å². The number of thioether (sulfide) groups is 1. The second kappa shape index (κ2) is 6.65. The number of nitrogens with zero attached hydrogens (tertiary/aromatic N) is 1. The molecule has 0 aliphatic carbocycles. The van der Waals surface area contributed by atoms with E-state index in [0.717, 1.165) is 4.90 Å². The van der Waals surface area contributed by atoms with E-state index in [9.17, 15) is 13.6 Å². The van der Waals surface area contributed by atoms with E-state index >= 15 is 0 Å². The molecule has 4 rings (SSSR count). The minimum absolute atomic E-state index is 0.0396. The molecule has 2 aromatic carbocycles. The second-order valence-corrected chi connectivity index (χ2v) is 7.11. The summed E-state index contributed by atoms with van der Waals surface area (Å²) in [6.07, 6.45) is -2.09. The van der Waals surface area contributed by atoms with Gasteiger partial charge in [0.25, 0.3) is 5.91 Å². The van der Waals surface area contributed by atoms with Crippen LogP contribution in [-0.2, 0) is 4.79 Å². The van der Waals surface area contributed by atoms with E-state index in [1.54, 1.807) is 12.1 Å². The summed E-state index contributed by atoms with van der Waals surface area (Å²) < 4.78 is 39.2. The van der Waals surface area contributed by atoms with Gasteiger partial charge in [0, 0.05) is 16.8 Å². The van der Waals surface area contributed by atoms with Crippen LogP contribution in [0.5, 0.6) is 11.5 Å². The van der Waals surface area contributed by atoms with Crippen molar-refractivity contribution in [1.29, 1.82) is 0 Å². The highest BCUT2D eigenvalue weighted by molar-refractivity contribution is 8.19. The normalized spacial score (nSPS) is 20.6. The van der Waals surface area contributed by atoms with Gasteiger partial charge in [-0.25, -0.2) is 0 Å². The van der Waals surface area contributed by atoms with Crippen LogP contribution in [0.25, 0.3) is 6.08 Å². The highest BCUT2D eigenvalue weighted by Crippen LogP contribution is 2.42. The van der Waals surface area contributed by atoms with Crippen molar-refractivity contribution >= 4 is 40.9 Å². The number of amidine groups is 1. The van der Waals surface area contributed by atoms with Crippen LogP contribution in [0.15, 0.2) is 62.7 Å². The molecule has 5 nitrogen and oxygen atoms in total. The molecular formula is C17H10F2N2O3S2. The summed E-state index contributed by atoms with van der Waals surface area (Å²) in [6.45, 7) is 0. The molecule has 1 amide bonds. The van der Waals surface area contributed by atoms with Crippen molar-refractivity contribution in [2.45, 2.75) is 11.2 Å². The Balaban J connectivity index is 1.49. The van der Waals surface area contributed by atoms with Crippen LogP contribution in [0.4, 0.5) is 8.78 Å². The summed E-state index contributed by atoms with van der Waals surface area (Å²) in [5, 5.41) is 3.13. The first kappa shape index (κ1) is 16.9. The summed E-state index contributed by atoms with van der Waals surface area (Å²) in [7, 11) is 0. The second-order valence-electron chi connectivity index (χ2n) is 5.24. The largest absolute Gasteiger partial charge is 0.586 e.